The van der Waals surface area contributed by atoms with E-state index < -0.39 is 0 Å². The molecule has 188 valence electrons. The predicted molar refractivity (Wildman–Crippen MR) is 163 cm³/mol. The van der Waals surface area contributed by atoms with Crippen molar-refractivity contribution in [3.63, 3.8) is 0 Å². The number of halogens is 3. The fourth-order valence-corrected chi connectivity index (χ4v) is 6.07. The number of hydrogen-bond donors (Lipinski definition) is 0. The average Bonchev–Trinajstić information content (AvgIpc) is 3.15. The Hall–Kier alpha value is -2.55. The van der Waals surface area contributed by atoms with E-state index in [4.69, 9.17) is 10.1 Å². The Morgan fingerprint density at radius 3 is 2.49 bits per heavy atom. The van der Waals surface area contributed by atoms with Crippen LogP contribution in [0.5, 0.6) is 0 Å². The minimum atomic E-state index is -0.168. The van der Waals surface area contributed by atoms with E-state index in [9.17, 15) is 4.79 Å². The molecule has 1 atom stereocenters. The molecule has 0 saturated heterocycles. The van der Waals surface area contributed by atoms with E-state index in [-0.39, 0.29) is 11.5 Å². The molecule has 0 N–H and O–H groups in total. The maximum atomic E-state index is 13.6. The fraction of sp³-hybridized carbons (Fsp3) is 0.207. The van der Waals surface area contributed by atoms with E-state index in [1.54, 1.807) is 0 Å². The molecular weight excluding hydrogens is 660 g/mol. The third-order valence-corrected chi connectivity index (χ3v) is 8.54. The molecule has 0 spiro atoms. The molecule has 2 heterocycles. The Bertz CT molecular complexity index is 1740. The Morgan fingerprint density at radius 1 is 1.00 bits per heavy atom. The SMILES string of the molecule is CC[C@@H](C)c1nc2ccc(Br)cc2c(=O)n1N=Cc1c(C)n(Cc2ccc(Br)cc2Br)c2ccccc12. The smallest absolute Gasteiger partial charge is 0.282 e. The Balaban J connectivity index is 1.67. The zero-order valence-corrected chi connectivity index (χ0v) is 25.4. The maximum Gasteiger partial charge on any atom is 0.282 e. The summed E-state index contributed by atoms with van der Waals surface area (Å²) in [5, 5.41) is 6.39. The zero-order chi connectivity index (χ0) is 26.3. The molecule has 3 aromatic carbocycles. The number of rotatable bonds is 6. The van der Waals surface area contributed by atoms with Crippen molar-refractivity contribution in [3.8, 4) is 0 Å². The molecule has 0 saturated carbocycles. The Morgan fingerprint density at radius 2 is 1.73 bits per heavy atom. The topological polar surface area (TPSA) is 52.2 Å². The number of fused-ring (bicyclic) bond motifs is 2. The Kier molecular flexibility index (Phi) is 7.52. The number of para-hydroxylation sites is 1. The number of aromatic nitrogens is 3. The summed E-state index contributed by atoms with van der Waals surface area (Å²) >= 11 is 10.7. The second-order valence-electron chi connectivity index (χ2n) is 9.14. The van der Waals surface area contributed by atoms with Crippen LogP contribution in [0.25, 0.3) is 21.8 Å². The van der Waals surface area contributed by atoms with Crippen molar-refractivity contribution in [2.24, 2.45) is 5.10 Å². The minimum Gasteiger partial charge on any atom is -0.340 e. The first-order valence-electron chi connectivity index (χ1n) is 12.1. The van der Waals surface area contributed by atoms with Crippen molar-refractivity contribution in [2.75, 3.05) is 0 Å². The highest BCUT2D eigenvalue weighted by Gasteiger charge is 2.17. The van der Waals surface area contributed by atoms with Gasteiger partial charge in [0.1, 0.15) is 5.82 Å². The summed E-state index contributed by atoms with van der Waals surface area (Å²) in [5.74, 6) is 0.744. The lowest BCUT2D eigenvalue weighted by atomic mass is 10.1. The molecular formula is C29H25Br3N4O. The van der Waals surface area contributed by atoms with Crippen LogP contribution in [0.2, 0.25) is 0 Å². The lowest BCUT2D eigenvalue weighted by Gasteiger charge is -2.14. The van der Waals surface area contributed by atoms with Crippen molar-refractivity contribution in [1.29, 1.82) is 0 Å². The monoisotopic (exact) mass is 682 g/mol. The van der Waals surface area contributed by atoms with Gasteiger partial charge in [0, 0.05) is 48.0 Å². The van der Waals surface area contributed by atoms with Gasteiger partial charge in [0.25, 0.3) is 5.56 Å². The molecule has 0 aliphatic rings. The lowest BCUT2D eigenvalue weighted by Crippen LogP contribution is -2.23. The number of nitrogens with zero attached hydrogens (tertiary/aromatic N) is 4. The third-order valence-electron chi connectivity index (χ3n) is 6.81. The summed E-state index contributed by atoms with van der Waals surface area (Å²) in [5.41, 5.74) is 4.87. The van der Waals surface area contributed by atoms with Crippen LogP contribution in [-0.4, -0.2) is 20.4 Å². The van der Waals surface area contributed by atoms with E-state index in [0.29, 0.717) is 23.3 Å². The highest BCUT2D eigenvalue weighted by atomic mass is 79.9. The van der Waals surface area contributed by atoms with Crippen molar-refractivity contribution in [2.45, 2.75) is 39.7 Å². The van der Waals surface area contributed by atoms with Crippen molar-refractivity contribution in [3.05, 3.63) is 107 Å². The molecule has 5 aromatic rings. The molecule has 0 bridgehead atoms. The van der Waals surface area contributed by atoms with Gasteiger partial charge in [0.2, 0.25) is 0 Å². The quantitative estimate of drug-likeness (QED) is 0.169. The first kappa shape index (κ1) is 26.1. The molecule has 5 rings (SSSR count). The van der Waals surface area contributed by atoms with E-state index in [0.717, 1.165) is 42.0 Å². The summed E-state index contributed by atoms with van der Waals surface area (Å²) in [7, 11) is 0. The van der Waals surface area contributed by atoms with Gasteiger partial charge >= 0.3 is 0 Å². The molecule has 0 fully saturated rings. The van der Waals surface area contributed by atoms with Gasteiger partial charge in [0.05, 0.1) is 17.1 Å². The highest BCUT2D eigenvalue weighted by molar-refractivity contribution is 9.11. The summed E-state index contributed by atoms with van der Waals surface area (Å²) in [6, 6.07) is 20.1. The average molecular weight is 685 g/mol. The van der Waals surface area contributed by atoms with Crippen LogP contribution in [-0.2, 0) is 6.54 Å². The van der Waals surface area contributed by atoms with Gasteiger partial charge in [-0.25, -0.2) is 4.98 Å². The van der Waals surface area contributed by atoms with Crippen LogP contribution in [0.4, 0.5) is 0 Å². The molecule has 5 nitrogen and oxygen atoms in total. The van der Waals surface area contributed by atoms with Crippen LogP contribution in [0.3, 0.4) is 0 Å². The second kappa shape index (κ2) is 10.7. The molecule has 0 amide bonds. The largest absolute Gasteiger partial charge is 0.340 e. The summed E-state index contributed by atoms with van der Waals surface area (Å²) in [6.07, 6.45) is 2.66. The van der Waals surface area contributed by atoms with Gasteiger partial charge < -0.3 is 4.57 Å². The van der Waals surface area contributed by atoms with Crippen LogP contribution >= 0.6 is 47.8 Å². The molecule has 0 aliphatic carbocycles. The van der Waals surface area contributed by atoms with Crippen LogP contribution in [0.1, 0.15) is 48.8 Å². The lowest BCUT2D eigenvalue weighted by molar-refractivity contribution is 0.613. The van der Waals surface area contributed by atoms with Crippen molar-refractivity contribution >= 4 is 75.8 Å². The van der Waals surface area contributed by atoms with Crippen molar-refractivity contribution < 1.29 is 0 Å². The summed E-state index contributed by atoms with van der Waals surface area (Å²) in [4.78, 5) is 18.4. The Labute approximate surface area is 240 Å². The van der Waals surface area contributed by atoms with E-state index in [2.05, 4.69) is 103 Å². The first-order valence-corrected chi connectivity index (χ1v) is 14.4. The second-order valence-corrected chi connectivity index (χ2v) is 11.8. The van der Waals surface area contributed by atoms with E-state index in [1.807, 2.05) is 36.5 Å². The van der Waals surface area contributed by atoms with Gasteiger partial charge in [0.15, 0.2) is 0 Å². The molecule has 8 heteroatoms. The molecule has 0 unspecified atom stereocenters. The van der Waals surface area contributed by atoms with Crippen LogP contribution in [0.15, 0.2) is 84.0 Å². The minimum absolute atomic E-state index is 0.0788. The standard InChI is InChI=1S/C29H25Br3N4O/c1-4-17(2)28-34-26-12-11-20(30)13-23(26)29(37)36(28)33-15-24-18(3)35(27-8-6-5-7-22(24)27)16-19-9-10-21(31)14-25(19)32/h5-15,17H,4,16H2,1-3H3/t17-/m1/s1. The zero-order valence-electron chi connectivity index (χ0n) is 20.7. The van der Waals surface area contributed by atoms with Gasteiger partial charge in [-0.05, 0) is 55.3 Å². The van der Waals surface area contributed by atoms with Gasteiger partial charge in [-0.15, -0.1) is 0 Å². The van der Waals surface area contributed by atoms with Crippen LogP contribution in [0, 0.1) is 6.92 Å². The highest BCUT2D eigenvalue weighted by Crippen LogP contribution is 2.29. The predicted octanol–water partition coefficient (Wildman–Crippen LogP) is 8.39. The molecule has 37 heavy (non-hydrogen) atoms. The van der Waals surface area contributed by atoms with Gasteiger partial charge in [-0.1, -0.05) is 85.9 Å². The summed E-state index contributed by atoms with van der Waals surface area (Å²) < 4.78 is 6.68. The first-order chi connectivity index (χ1) is 17.8. The fourth-order valence-electron chi connectivity index (χ4n) is 4.54. The van der Waals surface area contributed by atoms with Crippen LogP contribution < -0.4 is 5.56 Å². The van der Waals surface area contributed by atoms with Gasteiger partial charge in [-0.2, -0.15) is 9.78 Å². The molecule has 2 aromatic heterocycles. The normalized spacial score (nSPS) is 12.7. The summed E-state index contributed by atoms with van der Waals surface area (Å²) in [6.45, 7) is 6.97. The van der Waals surface area contributed by atoms with Gasteiger partial charge in [-0.3, -0.25) is 4.79 Å². The molecule has 0 radical (unpaired) electrons. The third kappa shape index (κ3) is 4.99. The van der Waals surface area contributed by atoms with E-state index in [1.165, 1.54) is 10.2 Å². The number of benzene rings is 3. The number of hydrogen-bond acceptors (Lipinski definition) is 3. The van der Waals surface area contributed by atoms with Crippen molar-refractivity contribution in [1.82, 2.24) is 14.2 Å². The maximum absolute atomic E-state index is 13.6. The van der Waals surface area contributed by atoms with E-state index >= 15 is 0 Å². The molecule has 0 aliphatic heterocycles.